The summed E-state index contributed by atoms with van der Waals surface area (Å²) in [5.74, 6) is 0.0555. The molecular formula is C19H23N3OS. The van der Waals surface area contributed by atoms with Gasteiger partial charge in [0.05, 0.1) is 5.51 Å². The van der Waals surface area contributed by atoms with Gasteiger partial charge in [0.15, 0.2) is 0 Å². The van der Waals surface area contributed by atoms with E-state index >= 15 is 0 Å². The van der Waals surface area contributed by atoms with Gasteiger partial charge in [0.2, 0.25) is 0 Å². The molecule has 1 amide bonds. The lowest BCUT2D eigenvalue weighted by Gasteiger charge is -2.39. The third-order valence-corrected chi connectivity index (χ3v) is 4.90. The smallest absolute Gasteiger partial charge is 0.273 e. The SMILES string of the molecule is C/C(=C\c1ccccc1)CN1CCN(C(=O)c2cscn2)[C@@H](C)C1. The number of nitrogens with zero attached hydrogens (tertiary/aromatic N) is 3. The van der Waals surface area contributed by atoms with Crippen LogP contribution in [0.25, 0.3) is 6.08 Å². The van der Waals surface area contributed by atoms with E-state index in [1.54, 1.807) is 5.51 Å². The van der Waals surface area contributed by atoms with E-state index in [4.69, 9.17) is 0 Å². The molecule has 2 heterocycles. The van der Waals surface area contributed by atoms with Crippen LogP contribution in [0.2, 0.25) is 0 Å². The van der Waals surface area contributed by atoms with Gasteiger partial charge in [0.25, 0.3) is 5.91 Å². The fourth-order valence-electron chi connectivity index (χ4n) is 3.18. The molecule has 1 aromatic carbocycles. The van der Waals surface area contributed by atoms with E-state index in [-0.39, 0.29) is 11.9 Å². The summed E-state index contributed by atoms with van der Waals surface area (Å²) in [5.41, 5.74) is 4.86. The molecule has 0 aliphatic carbocycles. The van der Waals surface area contributed by atoms with E-state index in [1.807, 2.05) is 16.3 Å². The highest BCUT2D eigenvalue weighted by molar-refractivity contribution is 7.07. The maximum absolute atomic E-state index is 12.5. The molecule has 1 fully saturated rings. The Morgan fingerprint density at radius 1 is 1.33 bits per heavy atom. The zero-order valence-electron chi connectivity index (χ0n) is 14.2. The van der Waals surface area contributed by atoms with E-state index < -0.39 is 0 Å². The van der Waals surface area contributed by atoms with E-state index in [0.29, 0.717) is 5.69 Å². The molecule has 0 bridgehead atoms. The molecular weight excluding hydrogens is 318 g/mol. The molecule has 1 aromatic heterocycles. The molecule has 3 rings (SSSR count). The van der Waals surface area contributed by atoms with E-state index in [2.05, 4.69) is 54.1 Å². The van der Waals surface area contributed by atoms with Gasteiger partial charge in [0.1, 0.15) is 5.69 Å². The monoisotopic (exact) mass is 341 g/mol. The quantitative estimate of drug-likeness (QED) is 0.855. The predicted octanol–water partition coefficient (Wildman–Crippen LogP) is 3.39. The number of benzene rings is 1. The van der Waals surface area contributed by atoms with Crippen LogP contribution in [0.5, 0.6) is 0 Å². The van der Waals surface area contributed by atoms with Crippen LogP contribution in [0, 0.1) is 0 Å². The molecule has 24 heavy (non-hydrogen) atoms. The molecule has 1 aliphatic heterocycles. The zero-order valence-corrected chi connectivity index (χ0v) is 15.0. The molecule has 0 N–H and O–H groups in total. The number of hydrogen-bond acceptors (Lipinski definition) is 4. The molecule has 1 saturated heterocycles. The van der Waals surface area contributed by atoms with Crippen LogP contribution in [-0.4, -0.2) is 52.9 Å². The molecule has 1 atom stereocenters. The first kappa shape index (κ1) is 16.9. The first-order valence-corrected chi connectivity index (χ1v) is 9.21. The summed E-state index contributed by atoms with van der Waals surface area (Å²) in [7, 11) is 0. The van der Waals surface area contributed by atoms with Crippen molar-refractivity contribution in [1.29, 1.82) is 0 Å². The highest BCUT2D eigenvalue weighted by Crippen LogP contribution is 2.16. The standard InChI is InChI=1S/C19H23N3OS/c1-15(10-17-6-4-3-5-7-17)11-21-8-9-22(16(2)12-21)19(23)18-13-24-14-20-18/h3-7,10,13-14,16H,8-9,11-12H2,1-2H3/b15-10+/t16-/m0/s1. The fraction of sp³-hybridized carbons (Fsp3) is 0.368. The lowest BCUT2D eigenvalue weighted by Crippen LogP contribution is -2.54. The third kappa shape index (κ3) is 4.10. The van der Waals surface area contributed by atoms with Crippen LogP contribution < -0.4 is 0 Å². The Hall–Kier alpha value is -1.98. The Morgan fingerprint density at radius 2 is 2.12 bits per heavy atom. The van der Waals surface area contributed by atoms with Crippen molar-refractivity contribution < 1.29 is 4.79 Å². The summed E-state index contributed by atoms with van der Waals surface area (Å²) < 4.78 is 0. The van der Waals surface area contributed by atoms with Gasteiger partial charge in [-0.2, -0.15) is 0 Å². The van der Waals surface area contributed by atoms with Crippen molar-refractivity contribution in [3.63, 3.8) is 0 Å². The molecule has 126 valence electrons. The molecule has 0 spiro atoms. The number of aromatic nitrogens is 1. The van der Waals surface area contributed by atoms with Gasteiger partial charge >= 0.3 is 0 Å². The summed E-state index contributed by atoms with van der Waals surface area (Å²) in [6.07, 6.45) is 2.23. The number of amides is 1. The Morgan fingerprint density at radius 3 is 2.79 bits per heavy atom. The van der Waals surface area contributed by atoms with Gasteiger partial charge in [-0.25, -0.2) is 4.98 Å². The summed E-state index contributed by atoms with van der Waals surface area (Å²) in [6.45, 7) is 7.79. The first-order valence-electron chi connectivity index (χ1n) is 8.27. The van der Waals surface area contributed by atoms with Crippen molar-refractivity contribution in [2.45, 2.75) is 19.9 Å². The molecule has 5 heteroatoms. The number of carbonyl (C=O) groups excluding carboxylic acids is 1. The highest BCUT2D eigenvalue weighted by atomic mass is 32.1. The lowest BCUT2D eigenvalue weighted by atomic mass is 10.1. The molecule has 1 aliphatic rings. The van der Waals surface area contributed by atoms with E-state index in [1.165, 1.54) is 22.5 Å². The van der Waals surface area contributed by atoms with Crippen LogP contribution in [0.4, 0.5) is 0 Å². The molecule has 0 unspecified atom stereocenters. The number of carbonyl (C=O) groups is 1. The van der Waals surface area contributed by atoms with E-state index in [0.717, 1.165) is 26.2 Å². The van der Waals surface area contributed by atoms with Gasteiger partial charge in [-0.3, -0.25) is 9.69 Å². The molecule has 2 aromatic rings. The number of hydrogen-bond donors (Lipinski definition) is 0. The van der Waals surface area contributed by atoms with Crippen LogP contribution in [0.3, 0.4) is 0 Å². The van der Waals surface area contributed by atoms with Gasteiger partial charge in [-0.1, -0.05) is 42.0 Å². The van der Waals surface area contributed by atoms with Gasteiger partial charge in [-0.15, -0.1) is 11.3 Å². The number of piperazine rings is 1. The molecule has 0 saturated carbocycles. The lowest BCUT2D eigenvalue weighted by molar-refractivity contribution is 0.0502. The fourth-order valence-corrected chi connectivity index (χ4v) is 3.70. The van der Waals surface area contributed by atoms with Crippen molar-refractivity contribution in [3.05, 3.63) is 58.1 Å². The van der Waals surface area contributed by atoms with Crippen LogP contribution in [-0.2, 0) is 0 Å². The maximum atomic E-state index is 12.5. The van der Waals surface area contributed by atoms with Crippen molar-refractivity contribution in [2.24, 2.45) is 0 Å². The predicted molar refractivity (Wildman–Crippen MR) is 99.1 cm³/mol. The maximum Gasteiger partial charge on any atom is 0.273 e. The van der Waals surface area contributed by atoms with Crippen LogP contribution >= 0.6 is 11.3 Å². The van der Waals surface area contributed by atoms with Crippen molar-refractivity contribution in [3.8, 4) is 0 Å². The Balaban J connectivity index is 1.57. The summed E-state index contributed by atoms with van der Waals surface area (Å²) >= 11 is 1.47. The van der Waals surface area contributed by atoms with Crippen molar-refractivity contribution in [1.82, 2.24) is 14.8 Å². The Kier molecular flexibility index (Phi) is 5.43. The van der Waals surface area contributed by atoms with E-state index in [9.17, 15) is 4.79 Å². The average molecular weight is 341 g/mol. The molecule has 0 radical (unpaired) electrons. The van der Waals surface area contributed by atoms with Crippen molar-refractivity contribution in [2.75, 3.05) is 26.2 Å². The first-order chi connectivity index (χ1) is 11.6. The van der Waals surface area contributed by atoms with Gasteiger partial charge in [0, 0.05) is 37.6 Å². The topological polar surface area (TPSA) is 36.4 Å². The van der Waals surface area contributed by atoms with Crippen LogP contribution in [0.15, 0.2) is 46.8 Å². The van der Waals surface area contributed by atoms with Gasteiger partial charge < -0.3 is 4.90 Å². The summed E-state index contributed by atoms with van der Waals surface area (Å²) in [6, 6.07) is 10.6. The summed E-state index contributed by atoms with van der Waals surface area (Å²) in [5, 5.41) is 1.83. The van der Waals surface area contributed by atoms with Crippen molar-refractivity contribution >= 4 is 23.3 Å². The largest absolute Gasteiger partial charge is 0.332 e. The Labute approximate surface area is 147 Å². The second kappa shape index (κ2) is 7.73. The molecule has 4 nitrogen and oxygen atoms in total. The zero-order chi connectivity index (χ0) is 16.9. The Bertz CT molecular complexity index is 697. The minimum Gasteiger partial charge on any atom is -0.332 e. The third-order valence-electron chi connectivity index (χ3n) is 4.31. The minimum atomic E-state index is 0.0555. The second-order valence-corrected chi connectivity index (χ2v) is 7.08. The number of thiazole rings is 1. The van der Waals surface area contributed by atoms with Crippen LogP contribution in [0.1, 0.15) is 29.9 Å². The van der Waals surface area contributed by atoms with Gasteiger partial charge in [-0.05, 0) is 19.4 Å². The highest BCUT2D eigenvalue weighted by Gasteiger charge is 2.28. The minimum absolute atomic E-state index is 0.0555. The normalized spacial score (nSPS) is 19.5. The summed E-state index contributed by atoms with van der Waals surface area (Å²) in [4.78, 5) is 21.0. The number of rotatable bonds is 4. The second-order valence-electron chi connectivity index (χ2n) is 6.36. The average Bonchev–Trinajstić information content (AvgIpc) is 3.10.